The maximum Gasteiger partial charge on any atom is 0.184 e. The molecule has 1 radical (unpaired) electrons. The van der Waals surface area contributed by atoms with E-state index in [4.69, 9.17) is 5.73 Å². The minimum atomic E-state index is 0.136. The third-order valence-corrected chi connectivity index (χ3v) is 1.50. The Bertz CT molecular complexity index is 319. The van der Waals surface area contributed by atoms with Gasteiger partial charge in [0, 0.05) is 0 Å². The Morgan fingerprint density at radius 2 is 2.00 bits per heavy atom. The van der Waals surface area contributed by atoms with Gasteiger partial charge in [-0.15, -0.1) is 0 Å². The largest absolute Gasteiger partial charge is 0.375 e. The van der Waals surface area contributed by atoms with Crippen LogP contribution in [0, 0.1) is 6.92 Å². The van der Waals surface area contributed by atoms with Crippen LogP contribution in [0.3, 0.4) is 0 Å². The van der Waals surface area contributed by atoms with E-state index in [9.17, 15) is 0 Å². The number of nitrogens with zero attached hydrogens (tertiary/aromatic N) is 1. The zero-order valence-corrected chi connectivity index (χ0v) is 7.84. The van der Waals surface area contributed by atoms with Gasteiger partial charge in [0.25, 0.3) is 0 Å². The molecule has 67 valence electrons. The molecule has 0 aliphatic rings. The summed E-state index contributed by atoms with van der Waals surface area (Å²) >= 11 is 4.60. The van der Waals surface area contributed by atoms with E-state index < -0.39 is 0 Å². The van der Waals surface area contributed by atoms with Crippen LogP contribution in [0.2, 0.25) is 0 Å². The molecule has 1 aromatic rings. The molecule has 0 aromatic heterocycles. The lowest BCUT2D eigenvalue weighted by molar-refractivity contribution is 1.03. The summed E-state index contributed by atoms with van der Waals surface area (Å²) in [5, 5.41) is 4.02. The SMILES string of the molecule is [CH2]/C(=N/NC(N)=S)c1ccccc1. The number of nitrogens with two attached hydrogens (primary N) is 1. The predicted octanol–water partition coefficient (Wildman–Crippen LogP) is 1.06. The Morgan fingerprint density at radius 1 is 1.38 bits per heavy atom. The first-order valence-electron chi connectivity index (χ1n) is 3.70. The summed E-state index contributed by atoms with van der Waals surface area (Å²) in [5.74, 6) is 0. The lowest BCUT2D eigenvalue weighted by Crippen LogP contribution is -2.25. The Morgan fingerprint density at radius 3 is 2.54 bits per heavy atom. The highest BCUT2D eigenvalue weighted by Crippen LogP contribution is 1.99. The summed E-state index contributed by atoms with van der Waals surface area (Å²) in [7, 11) is 0. The second kappa shape index (κ2) is 4.57. The van der Waals surface area contributed by atoms with Crippen molar-refractivity contribution in [1.29, 1.82) is 0 Å². The van der Waals surface area contributed by atoms with Gasteiger partial charge in [0.1, 0.15) is 0 Å². The Hall–Kier alpha value is -1.42. The molecule has 3 nitrogen and oxygen atoms in total. The van der Waals surface area contributed by atoms with Crippen molar-refractivity contribution in [3.8, 4) is 0 Å². The fourth-order valence-electron chi connectivity index (χ4n) is 0.818. The molecule has 0 heterocycles. The maximum absolute atomic E-state index is 5.20. The van der Waals surface area contributed by atoms with E-state index in [0.29, 0.717) is 5.71 Å². The molecule has 4 heteroatoms. The standard InChI is InChI=1S/C9H10N3S/c1-7(11-12-9(10)13)8-5-3-2-4-6-8/h2-6H,1H2,(H3,10,12,13)/b11-7-. The van der Waals surface area contributed by atoms with Gasteiger partial charge in [0.2, 0.25) is 0 Å². The van der Waals surface area contributed by atoms with Gasteiger partial charge in [-0.2, -0.15) is 5.10 Å². The van der Waals surface area contributed by atoms with Gasteiger partial charge in [-0.1, -0.05) is 30.3 Å². The fourth-order valence-corrected chi connectivity index (χ4v) is 0.863. The van der Waals surface area contributed by atoms with Gasteiger partial charge in [0.05, 0.1) is 5.71 Å². The van der Waals surface area contributed by atoms with Crippen LogP contribution in [0.4, 0.5) is 0 Å². The number of hydrazone groups is 1. The van der Waals surface area contributed by atoms with E-state index in [0.717, 1.165) is 5.56 Å². The molecular formula is C9H10N3S. The molecule has 0 unspecified atom stereocenters. The number of benzene rings is 1. The highest BCUT2D eigenvalue weighted by atomic mass is 32.1. The monoisotopic (exact) mass is 192 g/mol. The van der Waals surface area contributed by atoms with Crippen LogP contribution in [0.15, 0.2) is 35.4 Å². The number of thiocarbonyl (C=S) groups is 1. The second-order valence-electron chi connectivity index (χ2n) is 2.40. The van der Waals surface area contributed by atoms with Crippen LogP contribution < -0.4 is 11.2 Å². The molecule has 1 aromatic carbocycles. The van der Waals surface area contributed by atoms with E-state index in [1.807, 2.05) is 30.3 Å². The normalized spacial score (nSPS) is 11.0. The van der Waals surface area contributed by atoms with Gasteiger partial charge >= 0.3 is 0 Å². The Kier molecular flexibility index (Phi) is 3.40. The van der Waals surface area contributed by atoms with Crippen LogP contribution >= 0.6 is 12.2 Å². The van der Waals surface area contributed by atoms with E-state index in [-0.39, 0.29) is 5.11 Å². The van der Waals surface area contributed by atoms with Gasteiger partial charge in [-0.05, 0) is 24.7 Å². The quantitative estimate of drug-likeness (QED) is 0.418. The number of hydrogen-bond acceptors (Lipinski definition) is 2. The van der Waals surface area contributed by atoms with Crippen molar-refractivity contribution in [2.75, 3.05) is 0 Å². The second-order valence-corrected chi connectivity index (χ2v) is 2.84. The molecule has 0 aliphatic carbocycles. The molecule has 0 atom stereocenters. The zero-order valence-electron chi connectivity index (χ0n) is 7.03. The molecular weight excluding hydrogens is 182 g/mol. The summed E-state index contributed by atoms with van der Waals surface area (Å²) in [6, 6.07) is 9.57. The highest BCUT2D eigenvalue weighted by Gasteiger charge is 1.94. The molecule has 1 rings (SSSR count). The van der Waals surface area contributed by atoms with Gasteiger partial charge < -0.3 is 5.73 Å². The summed E-state index contributed by atoms with van der Waals surface area (Å²) < 4.78 is 0. The number of rotatable bonds is 2. The van der Waals surface area contributed by atoms with Gasteiger partial charge in [-0.3, -0.25) is 5.43 Å². The van der Waals surface area contributed by atoms with Crippen molar-refractivity contribution < 1.29 is 0 Å². The van der Waals surface area contributed by atoms with Crippen LogP contribution in [-0.2, 0) is 0 Å². The van der Waals surface area contributed by atoms with Gasteiger partial charge in [-0.25, -0.2) is 0 Å². The molecule has 0 fully saturated rings. The van der Waals surface area contributed by atoms with Gasteiger partial charge in [0.15, 0.2) is 5.11 Å². The first-order chi connectivity index (χ1) is 6.20. The lowest BCUT2D eigenvalue weighted by atomic mass is 10.1. The minimum Gasteiger partial charge on any atom is -0.375 e. The van der Waals surface area contributed by atoms with E-state index in [2.05, 4.69) is 29.7 Å². The van der Waals surface area contributed by atoms with E-state index >= 15 is 0 Å². The third-order valence-electron chi connectivity index (χ3n) is 1.41. The third kappa shape index (κ3) is 3.21. The van der Waals surface area contributed by atoms with Crippen molar-refractivity contribution in [1.82, 2.24) is 5.43 Å². The average molecular weight is 192 g/mol. The summed E-state index contributed by atoms with van der Waals surface area (Å²) in [6.45, 7) is 3.75. The zero-order chi connectivity index (χ0) is 9.68. The number of hydrogen-bond donors (Lipinski definition) is 2. The smallest absolute Gasteiger partial charge is 0.184 e. The van der Waals surface area contributed by atoms with Crippen molar-refractivity contribution >= 4 is 23.0 Å². The Balaban J connectivity index is 2.73. The molecule has 13 heavy (non-hydrogen) atoms. The molecule has 0 spiro atoms. The Labute approximate surface area is 82.6 Å². The van der Waals surface area contributed by atoms with Crippen molar-refractivity contribution in [3.63, 3.8) is 0 Å². The first kappa shape index (κ1) is 9.67. The van der Waals surface area contributed by atoms with Crippen molar-refractivity contribution in [3.05, 3.63) is 42.8 Å². The van der Waals surface area contributed by atoms with Crippen LogP contribution in [0.5, 0.6) is 0 Å². The average Bonchev–Trinajstić information content (AvgIpc) is 2.15. The molecule has 0 amide bonds. The molecule has 3 N–H and O–H groups in total. The summed E-state index contributed by atoms with van der Waals surface area (Å²) in [5.41, 5.74) is 9.22. The van der Waals surface area contributed by atoms with Crippen molar-refractivity contribution in [2.24, 2.45) is 10.8 Å². The topological polar surface area (TPSA) is 50.4 Å². The lowest BCUT2D eigenvalue weighted by Gasteiger charge is -2.00. The highest BCUT2D eigenvalue weighted by molar-refractivity contribution is 7.80. The first-order valence-corrected chi connectivity index (χ1v) is 4.11. The fraction of sp³-hybridized carbons (Fsp3) is 0. The van der Waals surface area contributed by atoms with E-state index in [1.54, 1.807) is 0 Å². The minimum absolute atomic E-state index is 0.136. The number of nitrogens with one attached hydrogen (secondary N) is 1. The van der Waals surface area contributed by atoms with E-state index in [1.165, 1.54) is 0 Å². The molecule has 0 aliphatic heterocycles. The van der Waals surface area contributed by atoms with Crippen molar-refractivity contribution in [2.45, 2.75) is 0 Å². The summed E-state index contributed by atoms with van der Waals surface area (Å²) in [6.07, 6.45) is 0. The maximum atomic E-state index is 5.20. The molecule has 0 saturated heterocycles. The van der Waals surface area contributed by atoms with Crippen LogP contribution in [0.25, 0.3) is 0 Å². The summed E-state index contributed by atoms with van der Waals surface area (Å²) in [4.78, 5) is 0. The van der Waals surface area contributed by atoms with Crippen LogP contribution in [-0.4, -0.2) is 10.8 Å². The van der Waals surface area contributed by atoms with Crippen LogP contribution in [0.1, 0.15) is 5.56 Å². The molecule has 0 saturated carbocycles. The molecule has 0 bridgehead atoms. The predicted molar refractivity (Wildman–Crippen MR) is 58.3 cm³/mol.